The topological polar surface area (TPSA) is 101 Å². The number of hydrazone groups is 1. The molecule has 0 saturated carbocycles. The van der Waals surface area contributed by atoms with Crippen LogP contribution in [-0.2, 0) is 12.0 Å². The van der Waals surface area contributed by atoms with Gasteiger partial charge >= 0.3 is 0 Å². The highest BCUT2D eigenvalue weighted by atomic mass is 16.5. The van der Waals surface area contributed by atoms with Gasteiger partial charge in [0.25, 0.3) is 5.56 Å². The quantitative estimate of drug-likeness (QED) is 0.428. The number of nitrogens with one attached hydrogen (secondary N) is 2. The molecule has 0 bridgehead atoms. The zero-order chi connectivity index (χ0) is 23.3. The summed E-state index contributed by atoms with van der Waals surface area (Å²) in [6, 6.07) is 11.8. The average Bonchev–Trinajstić information content (AvgIpc) is 2.74. The first-order chi connectivity index (χ1) is 15.2. The summed E-state index contributed by atoms with van der Waals surface area (Å²) in [6.45, 7) is 10.3. The summed E-state index contributed by atoms with van der Waals surface area (Å²) in [6.07, 6.45) is 1.59. The maximum Gasteiger partial charge on any atom is 0.274 e. The van der Waals surface area contributed by atoms with E-state index in [1.165, 1.54) is 11.1 Å². The highest BCUT2D eigenvalue weighted by Crippen LogP contribution is 2.29. The van der Waals surface area contributed by atoms with E-state index in [1.54, 1.807) is 13.3 Å². The van der Waals surface area contributed by atoms with E-state index in [4.69, 9.17) is 9.47 Å². The van der Waals surface area contributed by atoms with Gasteiger partial charge in [0.1, 0.15) is 12.3 Å². The minimum absolute atomic E-state index is 0.166. The lowest BCUT2D eigenvalue weighted by Gasteiger charge is -2.15. The number of ether oxygens (including phenoxy) is 2. The third-order valence-corrected chi connectivity index (χ3v) is 4.87. The molecule has 1 aromatic heterocycles. The van der Waals surface area contributed by atoms with Crippen LogP contribution in [0.3, 0.4) is 0 Å². The number of hydrogen-bond donors (Lipinski definition) is 2. The van der Waals surface area contributed by atoms with Gasteiger partial charge in [-0.15, -0.1) is 10.2 Å². The number of benzene rings is 2. The highest BCUT2D eigenvalue weighted by Gasteiger charge is 2.20. The van der Waals surface area contributed by atoms with Crippen LogP contribution in [0.5, 0.6) is 11.5 Å². The summed E-state index contributed by atoms with van der Waals surface area (Å²) in [5, 5.41) is 12.1. The fraction of sp³-hybridized carbons (Fsp3) is 0.333. The van der Waals surface area contributed by atoms with Crippen molar-refractivity contribution in [3.05, 3.63) is 74.7 Å². The largest absolute Gasteiger partial charge is 0.493 e. The first-order valence-electron chi connectivity index (χ1n) is 10.3. The van der Waals surface area contributed by atoms with Crippen LogP contribution in [0.4, 0.5) is 5.95 Å². The standard InChI is InChI=1S/C24H29N5O3/c1-15-7-8-16(2)18(11-15)14-32-19-10-9-17(12-20(19)31-6)13-25-28-23-26-22(30)21(27-29-23)24(3,4)5/h7-13H,14H2,1-6H3,(H2,26,28,29,30)/b25-13+. The van der Waals surface area contributed by atoms with Gasteiger partial charge in [-0.05, 0) is 48.7 Å². The Labute approximate surface area is 187 Å². The van der Waals surface area contributed by atoms with Gasteiger partial charge in [-0.1, -0.05) is 44.5 Å². The second-order valence-corrected chi connectivity index (χ2v) is 8.60. The number of aromatic amines is 1. The van der Waals surface area contributed by atoms with Crippen molar-refractivity contribution in [2.75, 3.05) is 12.5 Å². The Morgan fingerprint density at radius 1 is 1.09 bits per heavy atom. The average molecular weight is 436 g/mol. The third-order valence-electron chi connectivity index (χ3n) is 4.87. The number of nitrogens with zero attached hydrogens (tertiary/aromatic N) is 3. The van der Waals surface area contributed by atoms with Gasteiger partial charge in [-0.3, -0.25) is 9.78 Å². The van der Waals surface area contributed by atoms with Crippen LogP contribution in [0.1, 0.15) is 48.7 Å². The van der Waals surface area contributed by atoms with E-state index in [0.29, 0.717) is 23.8 Å². The lowest BCUT2D eigenvalue weighted by molar-refractivity contribution is 0.284. The van der Waals surface area contributed by atoms with Gasteiger partial charge in [0, 0.05) is 5.41 Å². The normalized spacial score (nSPS) is 11.6. The summed E-state index contributed by atoms with van der Waals surface area (Å²) in [5.74, 6) is 1.41. The van der Waals surface area contributed by atoms with Gasteiger partial charge in [0.05, 0.1) is 13.3 Å². The van der Waals surface area contributed by atoms with Gasteiger partial charge < -0.3 is 9.47 Å². The van der Waals surface area contributed by atoms with Crippen molar-refractivity contribution in [2.24, 2.45) is 5.10 Å². The van der Waals surface area contributed by atoms with Crippen LogP contribution >= 0.6 is 0 Å². The summed E-state index contributed by atoms with van der Waals surface area (Å²) in [4.78, 5) is 14.8. The van der Waals surface area contributed by atoms with Crippen molar-refractivity contribution >= 4 is 12.2 Å². The molecule has 0 aliphatic carbocycles. The molecule has 0 radical (unpaired) electrons. The number of hydrogen-bond acceptors (Lipinski definition) is 7. The number of anilines is 1. The Balaban J connectivity index is 1.68. The monoisotopic (exact) mass is 435 g/mol. The number of methoxy groups -OCH3 is 1. The van der Waals surface area contributed by atoms with E-state index in [-0.39, 0.29) is 16.9 Å². The fourth-order valence-electron chi connectivity index (χ4n) is 3.04. The Kier molecular flexibility index (Phi) is 6.92. The molecule has 0 amide bonds. The molecule has 32 heavy (non-hydrogen) atoms. The summed E-state index contributed by atoms with van der Waals surface area (Å²) < 4.78 is 11.5. The fourth-order valence-corrected chi connectivity index (χ4v) is 3.04. The predicted octanol–water partition coefficient (Wildman–Crippen LogP) is 4.11. The molecule has 0 atom stereocenters. The zero-order valence-electron chi connectivity index (χ0n) is 19.3. The molecule has 0 aliphatic heterocycles. The molecule has 0 spiro atoms. The van der Waals surface area contributed by atoms with Crippen LogP contribution < -0.4 is 20.5 Å². The molecule has 0 aliphatic rings. The summed E-state index contributed by atoms with van der Waals surface area (Å²) in [7, 11) is 1.59. The van der Waals surface area contributed by atoms with Crippen molar-refractivity contribution in [3.8, 4) is 11.5 Å². The van der Waals surface area contributed by atoms with Crippen LogP contribution in [-0.4, -0.2) is 28.5 Å². The molecule has 168 valence electrons. The second kappa shape index (κ2) is 9.64. The first-order valence-corrected chi connectivity index (χ1v) is 10.3. The summed E-state index contributed by atoms with van der Waals surface area (Å²) in [5.41, 5.74) is 6.67. The first kappa shape index (κ1) is 23.0. The molecule has 3 aromatic rings. The molecule has 1 heterocycles. The summed E-state index contributed by atoms with van der Waals surface area (Å²) >= 11 is 0. The molecule has 0 saturated heterocycles. The van der Waals surface area contributed by atoms with Crippen LogP contribution in [0, 0.1) is 13.8 Å². The molecule has 2 aromatic carbocycles. The van der Waals surface area contributed by atoms with Crippen molar-refractivity contribution in [2.45, 2.75) is 46.6 Å². The van der Waals surface area contributed by atoms with Gasteiger partial charge in [0.15, 0.2) is 11.5 Å². The van der Waals surface area contributed by atoms with E-state index in [0.717, 1.165) is 11.1 Å². The van der Waals surface area contributed by atoms with E-state index in [2.05, 4.69) is 57.8 Å². The smallest absolute Gasteiger partial charge is 0.274 e. The molecule has 8 heteroatoms. The van der Waals surface area contributed by atoms with E-state index < -0.39 is 0 Å². The van der Waals surface area contributed by atoms with Gasteiger partial charge in [-0.25, -0.2) is 5.43 Å². The van der Waals surface area contributed by atoms with Gasteiger partial charge in [0.2, 0.25) is 5.95 Å². The van der Waals surface area contributed by atoms with Crippen LogP contribution in [0.25, 0.3) is 0 Å². The lowest BCUT2D eigenvalue weighted by Crippen LogP contribution is -2.28. The highest BCUT2D eigenvalue weighted by molar-refractivity contribution is 5.81. The maximum absolute atomic E-state index is 12.2. The van der Waals surface area contributed by atoms with E-state index in [1.807, 2.05) is 39.0 Å². The van der Waals surface area contributed by atoms with Crippen molar-refractivity contribution < 1.29 is 9.47 Å². The van der Waals surface area contributed by atoms with Crippen molar-refractivity contribution in [3.63, 3.8) is 0 Å². The number of rotatable bonds is 7. The molecule has 8 nitrogen and oxygen atoms in total. The van der Waals surface area contributed by atoms with Crippen molar-refractivity contribution in [1.29, 1.82) is 0 Å². The minimum Gasteiger partial charge on any atom is -0.493 e. The molecular weight excluding hydrogens is 406 g/mol. The zero-order valence-corrected chi connectivity index (χ0v) is 19.3. The van der Waals surface area contributed by atoms with Crippen molar-refractivity contribution in [1.82, 2.24) is 15.2 Å². The van der Waals surface area contributed by atoms with Gasteiger partial charge in [-0.2, -0.15) is 5.10 Å². The molecule has 0 fully saturated rings. The SMILES string of the molecule is COc1cc(/C=N/Nc2nnc(C(C)(C)C)c(=O)[nH]2)ccc1OCc1cc(C)ccc1C. The Hall–Kier alpha value is -3.68. The second-order valence-electron chi connectivity index (χ2n) is 8.60. The van der Waals surface area contributed by atoms with E-state index in [9.17, 15) is 4.79 Å². The van der Waals surface area contributed by atoms with Crippen LogP contribution in [0.2, 0.25) is 0 Å². The van der Waals surface area contributed by atoms with E-state index >= 15 is 0 Å². The van der Waals surface area contributed by atoms with Crippen LogP contribution in [0.15, 0.2) is 46.3 Å². The Morgan fingerprint density at radius 2 is 1.88 bits per heavy atom. The number of aryl methyl sites for hydroxylation is 2. The number of H-pyrrole nitrogens is 1. The molecule has 2 N–H and O–H groups in total. The predicted molar refractivity (Wildman–Crippen MR) is 126 cm³/mol. The molecule has 0 unspecified atom stereocenters. The molecule has 3 rings (SSSR count). The third kappa shape index (κ3) is 5.72. The number of aromatic nitrogens is 3. The Morgan fingerprint density at radius 3 is 2.56 bits per heavy atom. The Bertz CT molecular complexity index is 1180. The minimum atomic E-state index is -0.388. The maximum atomic E-state index is 12.2. The lowest BCUT2D eigenvalue weighted by atomic mass is 9.93. The molecular formula is C24H29N5O3.